The van der Waals surface area contributed by atoms with Gasteiger partial charge < -0.3 is 15.0 Å². The van der Waals surface area contributed by atoms with E-state index in [9.17, 15) is 0 Å². The Bertz CT molecular complexity index is 344. The average Bonchev–Trinajstić information content (AvgIpc) is 2.35. The molecule has 17 heavy (non-hydrogen) atoms. The first-order valence-corrected chi connectivity index (χ1v) is 6.26. The summed E-state index contributed by atoms with van der Waals surface area (Å²) in [6.45, 7) is 6.05. The van der Waals surface area contributed by atoms with E-state index in [0.717, 1.165) is 37.5 Å². The second kappa shape index (κ2) is 7.54. The molecule has 1 aromatic carbocycles. The number of methoxy groups -OCH3 is 1. The Morgan fingerprint density at radius 2 is 2.18 bits per heavy atom. The van der Waals surface area contributed by atoms with E-state index in [0.29, 0.717) is 5.02 Å². The van der Waals surface area contributed by atoms with E-state index in [4.69, 9.17) is 16.3 Å². The summed E-state index contributed by atoms with van der Waals surface area (Å²) in [5, 5.41) is 4.10. The van der Waals surface area contributed by atoms with Crippen LogP contribution in [0.1, 0.15) is 12.5 Å². The predicted molar refractivity (Wildman–Crippen MR) is 72.9 cm³/mol. The van der Waals surface area contributed by atoms with Crippen molar-refractivity contribution in [3.63, 3.8) is 0 Å². The fourth-order valence-electron chi connectivity index (χ4n) is 1.52. The third-order valence-corrected chi connectivity index (χ3v) is 3.01. The minimum Gasteiger partial charge on any atom is -0.496 e. The molecule has 0 heterocycles. The van der Waals surface area contributed by atoms with Crippen LogP contribution in [0.3, 0.4) is 0 Å². The number of hydrogen-bond donors (Lipinski definition) is 1. The quantitative estimate of drug-likeness (QED) is 0.759. The van der Waals surface area contributed by atoms with Crippen LogP contribution in [0.4, 0.5) is 0 Å². The summed E-state index contributed by atoms with van der Waals surface area (Å²) in [6, 6.07) is 5.73. The molecule has 0 aliphatic carbocycles. The lowest BCUT2D eigenvalue weighted by Gasteiger charge is -2.15. The van der Waals surface area contributed by atoms with E-state index in [1.165, 1.54) is 0 Å². The number of nitrogens with zero attached hydrogens (tertiary/aromatic N) is 1. The van der Waals surface area contributed by atoms with Crippen molar-refractivity contribution in [2.75, 3.05) is 33.8 Å². The Labute approximate surface area is 109 Å². The summed E-state index contributed by atoms with van der Waals surface area (Å²) in [7, 11) is 3.78. The second-order valence-corrected chi connectivity index (χ2v) is 4.47. The number of benzene rings is 1. The molecule has 0 unspecified atom stereocenters. The number of ether oxygens (including phenoxy) is 1. The molecule has 0 amide bonds. The fraction of sp³-hybridized carbons (Fsp3) is 0.538. The van der Waals surface area contributed by atoms with Crippen molar-refractivity contribution in [2.24, 2.45) is 0 Å². The highest BCUT2D eigenvalue weighted by Crippen LogP contribution is 2.22. The molecule has 0 bridgehead atoms. The molecule has 0 aliphatic rings. The summed E-state index contributed by atoms with van der Waals surface area (Å²) in [5.74, 6) is 0.842. The van der Waals surface area contributed by atoms with E-state index in [1.54, 1.807) is 7.11 Å². The normalized spacial score (nSPS) is 10.9. The van der Waals surface area contributed by atoms with Gasteiger partial charge in [-0.15, -0.1) is 0 Å². The highest BCUT2D eigenvalue weighted by molar-refractivity contribution is 6.30. The van der Waals surface area contributed by atoms with Gasteiger partial charge in [0.15, 0.2) is 0 Å². The predicted octanol–water partition coefficient (Wildman–Crippen LogP) is 2.39. The van der Waals surface area contributed by atoms with Gasteiger partial charge in [-0.3, -0.25) is 0 Å². The maximum atomic E-state index is 5.91. The molecule has 4 heteroatoms. The van der Waals surface area contributed by atoms with Crippen LogP contribution < -0.4 is 10.1 Å². The lowest BCUT2D eigenvalue weighted by atomic mass is 10.2. The molecule has 0 radical (unpaired) electrons. The zero-order chi connectivity index (χ0) is 12.7. The minimum absolute atomic E-state index is 0.705. The molecule has 3 nitrogen and oxygen atoms in total. The third-order valence-electron chi connectivity index (χ3n) is 2.77. The van der Waals surface area contributed by atoms with Gasteiger partial charge in [-0.2, -0.15) is 0 Å². The van der Waals surface area contributed by atoms with Crippen LogP contribution in [0.5, 0.6) is 5.75 Å². The summed E-state index contributed by atoms with van der Waals surface area (Å²) >= 11 is 5.91. The first kappa shape index (κ1) is 14.3. The van der Waals surface area contributed by atoms with Crippen LogP contribution in [0, 0.1) is 0 Å². The first-order chi connectivity index (χ1) is 8.17. The van der Waals surface area contributed by atoms with Crippen LogP contribution >= 0.6 is 11.6 Å². The summed E-state index contributed by atoms with van der Waals surface area (Å²) in [5.41, 5.74) is 1.14. The van der Waals surface area contributed by atoms with Gasteiger partial charge >= 0.3 is 0 Å². The van der Waals surface area contributed by atoms with Crippen molar-refractivity contribution in [3.8, 4) is 5.75 Å². The van der Waals surface area contributed by atoms with E-state index in [2.05, 4.69) is 24.2 Å². The van der Waals surface area contributed by atoms with Crippen molar-refractivity contribution in [2.45, 2.75) is 13.5 Å². The van der Waals surface area contributed by atoms with E-state index >= 15 is 0 Å². The Hall–Kier alpha value is -0.770. The van der Waals surface area contributed by atoms with Gasteiger partial charge in [0.1, 0.15) is 5.75 Å². The third kappa shape index (κ3) is 4.94. The largest absolute Gasteiger partial charge is 0.496 e. The van der Waals surface area contributed by atoms with Crippen molar-refractivity contribution in [1.29, 1.82) is 0 Å². The van der Waals surface area contributed by atoms with E-state index in [1.807, 2.05) is 18.2 Å². The molecule has 96 valence electrons. The number of nitrogens with one attached hydrogen (secondary N) is 1. The summed E-state index contributed by atoms with van der Waals surface area (Å²) < 4.78 is 5.29. The zero-order valence-electron chi connectivity index (χ0n) is 10.8. The Morgan fingerprint density at radius 1 is 1.41 bits per heavy atom. The SMILES string of the molecule is CCN(C)CCNCc1ccc(Cl)cc1OC. The van der Waals surface area contributed by atoms with Gasteiger partial charge in [-0.25, -0.2) is 0 Å². The highest BCUT2D eigenvalue weighted by atomic mass is 35.5. The smallest absolute Gasteiger partial charge is 0.124 e. The molecule has 0 spiro atoms. The molecular weight excluding hydrogens is 236 g/mol. The van der Waals surface area contributed by atoms with Gasteiger partial charge in [-0.05, 0) is 25.7 Å². The number of rotatable bonds is 7. The Morgan fingerprint density at radius 3 is 2.82 bits per heavy atom. The molecule has 1 rings (SSSR count). The molecule has 0 fully saturated rings. The number of likely N-dealkylation sites (N-methyl/N-ethyl adjacent to an activating group) is 1. The van der Waals surface area contributed by atoms with Crippen molar-refractivity contribution in [1.82, 2.24) is 10.2 Å². The topological polar surface area (TPSA) is 24.5 Å². The fourth-order valence-corrected chi connectivity index (χ4v) is 1.68. The first-order valence-electron chi connectivity index (χ1n) is 5.89. The van der Waals surface area contributed by atoms with Crippen LogP contribution in [-0.2, 0) is 6.54 Å². The van der Waals surface area contributed by atoms with Crippen molar-refractivity contribution in [3.05, 3.63) is 28.8 Å². The summed E-state index contributed by atoms with van der Waals surface area (Å²) in [6.07, 6.45) is 0. The van der Waals surface area contributed by atoms with Gasteiger partial charge in [0, 0.05) is 30.2 Å². The number of hydrogen-bond acceptors (Lipinski definition) is 3. The number of halogens is 1. The van der Waals surface area contributed by atoms with Gasteiger partial charge in [0.2, 0.25) is 0 Å². The van der Waals surface area contributed by atoms with Crippen LogP contribution in [-0.4, -0.2) is 38.7 Å². The van der Waals surface area contributed by atoms with Gasteiger partial charge in [0.05, 0.1) is 7.11 Å². The summed E-state index contributed by atoms with van der Waals surface area (Å²) in [4.78, 5) is 2.27. The lowest BCUT2D eigenvalue weighted by molar-refractivity contribution is 0.347. The standard InChI is InChI=1S/C13H21ClN2O/c1-4-16(2)8-7-15-10-11-5-6-12(14)9-13(11)17-3/h5-6,9,15H,4,7-8,10H2,1-3H3. The van der Waals surface area contributed by atoms with Crippen molar-refractivity contribution >= 4 is 11.6 Å². The van der Waals surface area contributed by atoms with Gasteiger partial charge in [-0.1, -0.05) is 24.6 Å². The lowest BCUT2D eigenvalue weighted by Crippen LogP contribution is -2.28. The maximum absolute atomic E-state index is 5.91. The van der Waals surface area contributed by atoms with E-state index < -0.39 is 0 Å². The Kier molecular flexibility index (Phi) is 6.34. The average molecular weight is 257 g/mol. The molecular formula is C13H21ClN2O. The van der Waals surface area contributed by atoms with E-state index in [-0.39, 0.29) is 0 Å². The van der Waals surface area contributed by atoms with Crippen LogP contribution in [0.25, 0.3) is 0 Å². The zero-order valence-corrected chi connectivity index (χ0v) is 11.5. The highest BCUT2D eigenvalue weighted by Gasteiger charge is 2.03. The van der Waals surface area contributed by atoms with Crippen LogP contribution in [0.2, 0.25) is 5.02 Å². The minimum atomic E-state index is 0.705. The monoisotopic (exact) mass is 256 g/mol. The molecule has 0 aliphatic heterocycles. The molecule has 0 atom stereocenters. The van der Waals surface area contributed by atoms with Gasteiger partial charge in [0.25, 0.3) is 0 Å². The van der Waals surface area contributed by atoms with Crippen molar-refractivity contribution < 1.29 is 4.74 Å². The molecule has 0 saturated heterocycles. The second-order valence-electron chi connectivity index (χ2n) is 4.03. The molecule has 1 aromatic rings. The molecule has 1 N–H and O–H groups in total. The molecule has 0 aromatic heterocycles. The maximum Gasteiger partial charge on any atom is 0.124 e. The molecule has 0 saturated carbocycles. The Balaban J connectivity index is 2.41. The van der Waals surface area contributed by atoms with Crippen LogP contribution in [0.15, 0.2) is 18.2 Å².